The molecule has 1 saturated heterocycles. The minimum absolute atomic E-state index is 0.548. The molecule has 0 amide bonds. The van der Waals surface area contributed by atoms with Gasteiger partial charge in [0, 0.05) is 24.5 Å². The summed E-state index contributed by atoms with van der Waals surface area (Å²) in [5.41, 5.74) is 4.22. The quantitative estimate of drug-likeness (QED) is 0.825. The van der Waals surface area contributed by atoms with Crippen molar-refractivity contribution in [2.75, 3.05) is 23.3 Å². The largest absolute Gasteiger partial charge is 0.479 e. The van der Waals surface area contributed by atoms with Gasteiger partial charge in [0.2, 0.25) is 0 Å². The van der Waals surface area contributed by atoms with Crippen molar-refractivity contribution in [2.45, 2.75) is 32.2 Å². The van der Waals surface area contributed by atoms with Gasteiger partial charge in [-0.1, -0.05) is 13.0 Å². The third kappa shape index (κ3) is 3.97. The molecule has 2 aromatic rings. The second kappa shape index (κ2) is 7.92. The monoisotopic (exact) mass is 349 g/mol. The van der Waals surface area contributed by atoms with E-state index in [0.717, 1.165) is 36.3 Å². The van der Waals surface area contributed by atoms with Crippen molar-refractivity contribution >= 4 is 17.3 Å². The smallest absolute Gasteiger partial charge is 0.330 e. The topological polar surface area (TPSA) is 76.4 Å². The van der Waals surface area contributed by atoms with E-state index >= 15 is 0 Å². The summed E-state index contributed by atoms with van der Waals surface area (Å²) in [4.78, 5) is 14.3. The standard InChI is InChI=1S/C21H23N3O2/c1-2-15-11-17(13-19(12-15)24-9-3-4-10-24)20(21(25)26)23-18-7-5-16(14-22)6-8-18/h5-8,11-13,20,23H,2-4,9-10H2,1H3,(H,25,26). The van der Waals surface area contributed by atoms with Crippen molar-refractivity contribution in [1.29, 1.82) is 5.26 Å². The van der Waals surface area contributed by atoms with Crippen LogP contribution in [0.3, 0.4) is 0 Å². The van der Waals surface area contributed by atoms with E-state index in [9.17, 15) is 9.90 Å². The Bertz CT molecular complexity index is 818. The number of anilines is 2. The van der Waals surface area contributed by atoms with Crippen molar-refractivity contribution < 1.29 is 9.90 Å². The minimum atomic E-state index is -0.921. The number of carboxylic acids is 1. The number of carbonyl (C=O) groups is 1. The molecule has 0 bridgehead atoms. The van der Waals surface area contributed by atoms with Crippen LogP contribution in [0.5, 0.6) is 0 Å². The Morgan fingerprint density at radius 2 is 1.92 bits per heavy atom. The summed E-state index contributed by atoms with van der Waals surface area (Å²) in [6.45, 7) is 4.12. The molecule has 0 radical (unpaired) electrons. The Hall–Kier alpha value is -3.00. The number of nitrogens with one attached hydrogen (secondary N) is 1. The van der Waals surface area contributed by atoms with Crippen LogP contribution in [-0.4, -0.2) is 24.2 Å². The molecule has 1 aliphatic rings. The van der Waals surface area contributed by atoms with Crippen molar-refractivity contribution in [3.8, 4) is 6.07 Å². The molecule has 1 fully saturated rings. The Balaban J connectivity index is 1.92. The van der Waals surface area contributed by atoms with Crippen LogP contribution in [0.15, 0.2) is 42.5 Å². The van der Waals surface area contributed by atoms with Crippen LogP contribution >= 0.6 is 0 Å². The maximum atomic E-state index is 11.9. The molecule has 0 spiro atoms. The van der Waals surface area contributed by atoms with Gasteiger partial charge < -0.3 is 15.3 Å². The van der Waals surface area contributed by atoms with Gasteiger partial charge in [0.1, 0.15) is 0 Å². The first-order valence-electron chi connectivity index (χ1n) is 8.99. The fourth-order valence-electron chi connectivity index (χ4n) is 3.32. The molecule has 5 heteroatoms. The summed E-state index contributed by atoms with van der Waals surface area (Å²) < 4.78 is 0. The predicted molar refractivity (Wildman–Crippen MR) is 102 cm³/mol. The Morgan fingerprint density at radius 1 is 1.23 bits per heavy atom. The highest BCUT2D eigenvalue weighted by atomic mass is 16.4. The molecule has 0 aromatic heterocycles. The van der Waals surface area contributed by atoms with Gasteiger partial charge in [-0.15, -0.1) is 0 Å². The summed E-state index contributed by atoms with van der Waals surface area (Å²) >= 11 is 0. The number of aryl methyl sites for hydroxylation is 1. The van der Waals surface area contributed by atoms with E-state index in [0.29, 0.717) is 11.3 Å². The third-order valence-electron chi connectivity index (χ3n) is 4.78. The van der Waals surface area contributed by atoms with Crippen LogP contribution in [0.25, 0.3) is 0 Å². The Morgan fingerprint density at radius 3 is 2.50 bits per heavy atom. The van der Waals surface area contributed by atoms with Gasteiger partial charge >= 0.3 is 5.97 Å². The average molecular weight is 349 g/mol. The maximum Gasteiger partial charge on any atom is 0.330 e. The first kappa shape index (κ1) is 17.8. The number of benzene rings is 2. The van der Waals surface area contributed by atoms with Gasteiger partial charge in [-0.05, 0) is 66.8 Å². The summed E-state index contributed by atoms with van der Waals surface area (Å²) in [5, 5.41) is 21.8. The summed E-state index contributed by atoms with van der Waals surface area (Å²) in [7, 11) is 0. The molecule has 26 heavy (non-hydrogen) atoms. The predicted octanol–water partition coefficient (Wildman–Crippen LogP) is 3.96. The van der Waals surface area contributed by atoms with Gasteiger partial charge in [0.05, 0.1) is 11.6 Å². The molecule has 1 aliphatic heterocycles. The van der Waals surface area contributed by atoms with Crippen LogP contribution in [0.2, 0.25) is 0 Å². The molecular formula is C21H23N3O2. The lowest BCUT2D eigenvalue weighted by Crippen LogP contribution is -2.22. The van der Waals surface area contributed by atoms with Gasteiger partial charge in [0.25, 0.3) is 0 Å². The number of aliphatic carboxylic acids is 1. The molecule has 5 nitrogen and oxygen atoms in total. The molecular weight excluding hydrogens is 326 g/mol. The highest BCUT2D eigenvalue weighted by Gasteiger charge is 2.22. The van der Waals surface area contributed by atoms with E-state index in [1.54, 1.807) is 24.3 Å². The molecule has 0 aliphatic carbocycles. The molecule has 3 rings (SSSR count). The minimum Gasteiger partial charge on any atom is -0.479 e. The van der Waals surface area contributed by atoms with Crippen LogP contribution in [-0.2, 0) is 11.2 Å². The molecule has 1 unspecified atom stereocenters. The van der Waals surface area contributed by atoms with Gasteiger partial charge in [-0.2, -0.15) is 5.26 Å². The lowest BCUT2D eigenvalue weighted by Gasteiger charge is -2.23. The number of nitriles is 1. The lowest BCUT2D eigenvalue weighted by atomic mass is 10.0. The summed E-state index contributed by atoms with van der Waals surface area (Å²) in [6, 6.07) is 14.2. The third-order valence-corrected chi connectivity index (χ3v) is 4.78. The van der Waals surface area contributed by atoms with Gasteiger partial charge in [-0.25, -0.2) is 4.79 Å². The second-order valence-corrected chi connectivity index (χ2v) is 6.59. The first-order valence-corrected chi connectivity index (χ1v) is 8.99. The lowest BCUT2D eigenvalue weighted by molar-refractivity contribution is -0.138. The second-order valence-electron chi connectivity index (χ2n) is 6.59. The molecule has 134 valence electrons. The van der Waals surface area contributed by atoms with Gasteiger partial charge in [0.15, 0.2) is 6.04 Å². The van der Waals surface area contributed by atoms with Crippen LogP contribution < -0.4 is 10.2 Å². The highest BCUT2D eigenvalue weighted by Crippen LogP contribution is 2.28. The van der Waals surface area contributed by atoms with E-state index in [1.165, 1.54) is 12.8 Å². The zero-order chi connectivity index (χ0) is 18.5. The Labute approximate surface area is 153 Å². The van der Waals surface area contributed by atoms with Crippen LogP contribution in [0.4, 0.5) is 11.4 Å². The van der Waals surface area contributed by atoms with Crippen molar-refractivity contribution in [3.63, 3.8) is 0 Å². The zero-order valence-corrected chi connectivity index (χ0v) is 14.9. The van der Waals surface area contributed by atoms with Gasteiger partial charge in [-0.3, -0.25) is 0 Å². The summed E-state index contributed by atoms with van der Waals surface area (Å²) in [5.74, 6) is -0.921. The molecule has 1 atom stereocenters. The maximum absolute atomic E-state index is 11.9. The fraction of sp³-hybridized carbons (Fsp3) is 0.333. The first-order chi connectivity index (χ1) is 12.6. The molecule has 2 aromatic carbocycles. The van der Waals surface area contributed by atoms with E-state index in [2.05, 4.69) is 29.3 Å². The van der Waals surface area contributed by atoms with Crippen molar-refractivity contribution in [2.24, 2.45) is 0 Å². The number of rotatable bonds is 6. The van der Waals surface area contributed by atoms with Crippen LogP contribution in [0, 0.1) is 11.3 Å². The molecule has 0 saturated carbocycles. The highest BCUT2D eigenvalue weighted by molar-refractivity contribution is 5.80. The number of nitrogens with zero attached hydrogens (tertiary/aromatic N) is 2. The zero-order valence-electron chi connectivity index (χ0n) is 14.9. The van der Waals surface area contributed by atoms with E-state index in [4.69, 9.17) is 5.26 Å². The number of hydrogen-bond acceptors (Lipinski definition) is 4. The number of carboxylic acid groups (broad SMARTS) is 1. The van der Waals surface area contributed by atoms with E-state index in [-0.39, 0.29) is 0 Å². The number of hydrogen-bond donors (Lipinski definition) is 2. The van der Waals surface area contributed by atoms with Crippen molar-refractivity contribution in [1.82, 2.24) is 0 Å². The molecule has 2 N–H and O–H groups in total. The van der Waals surface area contributed by atoms with E-state index < -0.39 is 12.0 Å². The van der Waals surface area contributed by atoms with Crippen molar-refractivity contribution in [3.05, 3.63) is 59.2 Å². The van der Waals surface area contributed by atoms with Crippen LogP contribution in [0.1, 0.15) is 42.5 Å². The molecule has 1 heterocycles. The normalized spacial score (nSPS) is 14.7. The van der Waals surface area contributed by atoms with E-state index in [1.807, 2.05) is 12.1 Å². The Kier molecular flexibility index (Phi) is 5.43. The summed E-state index contributed by atoms with van der Waals surface area (Å²) in [6.07, 6.45) is 3.22. The fourth-order valence-corrected chi connectivity index (χ4v) is 3.32. The SMILES string of the molecule is CCc1cc(C(Nc2ccc(C#N)cc2)C(=O)O)cc(N2CCCC2)c1. The average Bonchev–Trinajstić information content (AvgIpc) is 3.20.